The Hall–Kier alpha value is -4.10. The third-order valence-electron chi connectivity index (χ3n) is 8.89. The molecule has 1 amide bonds. The molecule has 41 heavy (non-hydrogen) atoms. The Morgan fingerprint density at radius 1 is 1.12 bits per heavy atom. The summed E-state index contributed by atoms with van der Waals surface area (Å²) in [5.74, 6) is 0.808. The average molecular weight is 556 g/mol. The average Bonchev–Trinajstić information content (AvgIpc) is 3.40. The van der Waals surface area contributed by atoms with E-state index in [1.807, 2.05) is 6.92 Å². The molecule has 2 saturated heterocycles. The highest BCUT2D eigenvalue weighted by Gasteiger charge is 2.37. The number of nitrogens with zero attached hydrogens (tertiary/aromatic N) is 7. The van der Waals surface area contributed by atoms with Gasteiger partial charge < -0.3 is 29.4 Å². The van der Waals surface area contributed by atoms with Crippen LogP contribution in [0, 0.1) is 11.3 Å². The van der Waals surface area contributed by atoms with Crippen LogP contribution in [0.1, 0.15) is 37.4 Å². The molecular weight excluding hydrogens is 518 g/mol. The van der Waals surface area contributed by atoms with Gasteiger partial charge in [0, 0.05) is 48.4 Å². The first-order valence-corrected chi connectivity index (χ1v) is 14.5. The van der Waals surface area contributed by atoms with Gasteiger partial charge in [-0.2, -0.15) is 15.2 Å². The number of likely N-dealkylation sites (N-methyl/N-ethyl adjacent to an activating group) is 1. The van der Waals surface area contributed by atoms with Crippen LogP contribution >= 0.6 is 0 Å². The van der Waals surface area contributed by atoms with E-state index in [1.165, 1.54) is 21.4 Å². The molecule has 0 unspecified atom stereocenters. The molecule has 2 aromatic carbocycles. The van der Waals surface area contributed by atoms with Crippen LogP contribution in [0.2, 0.25) is 0 Å². The van der Waals surface area contributed by atoms with Crippen LogP contribution in [0.15, 0.2) is 42.5 Å². The van der Waals surface area contributed by atoms with Crippen molar-refractivity contribution in [1.82, 2.24) is 19.8 Å². The monoisotopic (exact) mass is 555 g/mol. The number of likely N-dealkylation sites (tertiary alicyclic amines) is 1. The number of piperazine rings is 1. The van der Waals surface area contributed by atoms with Gasteiger partial charge in [-0.3, -0.25) is 0 Å². The zero-order valence-corrected chi connectivity index (χ0v) is 23.7. The molecule has 4 heterocycles. The van der Waals surface area contributed by atoms with E-state index in [0.29, 0.717) is 38.3 Å². The maximum Gasteiger partial charge on any atom is 0.407 e. The van der Waals surface area contributed by atoms with Crippen LogP contribution in [0.5, 0.6) is 6.01 Å². The predicted octanol–water partition coefficient (Wildman–Crippen LogP) is 4.14. The first kappa shape index (κ1) is 27.1. The second-order valence-corrected chi connectivity index (χ2v) is 11.5. The molecular formula is C31H37N7O3. The van der Waals surface area contributed by atoms with Crippen LogP contribution in [0.3, 0.4) is 0 Å². The normalized spacial score (nSPS) is 23.0. The molecule has 3 aliphatic rings. The Morgan fingerprint density at radius 3 is 2.73 bits per heavy atom. The van der Waals surface area contributed by atoms with Gasteiger partial charge >= 0.3 is 12.1 Å². The molecule has 3 aromatic rings. The molecule has 3 atom stereocenters. The zero-order chi connectivity index (χ0) is 28.5. The number of ether oxygens (including phenoxy) is 1. The van der Waals surface area contributed by atoms with Gasteiger partial charge in [-0.25, -0.2) is 4.79 Å². The summed E-state index contributed by atoms with van der Waals surface area (Å²) in [6.45, 7) is 5.77. The number of nitriles is 1. The second kappa shape index (κ2) is 11.4. The van der Waals surface area contributed by atoms with Gasteiger partial charge in [0.15, 0.2) is 0 Å². The number of amides is 1. The van der Waals surface area contributed by atoms with Crippen molar-refractivity contribution >= 4 is 28.4 Å². The Kier molecular flexibility index (Phi) is 7.54. The largest absolute Gasteiger partial charge is 0.465 e. The lowest BCUT2D eigenvalue weighted by Crippen LogP contribution is -2.59. The minimum Gasteiger partial charge on any atom is -0.465 e. The number of rotatable bonds is 6. The van der Waals surface area contributed by atoms with Gasteiger partial charge in [-0.1, -0.05) is 36.4 Å². The molecule has 1 N–H and O–H groups in total. The lowest BCUT2D eigenvalue weighted by molar-refractivity contribution is 0.110. The summed E-state index contributed by atoms with van der Waals surface area (Å²) in [4.78, 5) is 30.1. The summed E-state index contributed by atoms with van der Waals surface area (Å²) in [7, 11) is 2.13. The van der Waals surface area contributed by atoms with Crippen LogP contribution in [-0.2, 0) is 13.0 Å². The minimum atomic E-state index is -0.989. The molecule has 2 fully saturated rings. The number of hydrogen-bond donors (Lipinski definition) is 1. The molecule has 0 bridgehead atoms. The third-order valence-corrected chi connectivity index (χ3v) is 8.89. The molecule has 10 nitrogen and oxygen atoms in total. The number of aromatic nitrogens is 2. The highest BCUT2D eigenvalue weighted by atomic mass is 16.5. The highest BCUT2D eigenvalue weighted by molar-refractivity contribution is 5.94. The Bertz CT molecular complexity index is 1470. The third kappa shape index (κ3) is 5.34. The number of carboxylic acid groups (broad SMARTS) is 1. The van der Waals surface area contributed by atoms with Crippen LogP contribution in [0.4, 0.5) is 16.3 Å². The molecule has 0 radical (unpaired) electrons. The van der Waals surface area contributed by atoms with Crippen molar-refractivity contribution < 1.29 is 14.6 Å². The van der Waals surface area contributed by atoms with E-state index in [-0.39, 0.29) is 12.5 Å². The van der Waals surface area contributed by atoms with Crippen molar-refractivity contribution in [3.8, 4) is 12.1 Å². The van der Waals surface area contributed by atoms with Crippen molar-refractivity contribution in [3.63, 3.8) is 0 Å². The molecule has 214 valence electrons. The van der Waals surface area contributed by atoms with Crippen LogP contribution in [-0.4, -0.2) is 88.9 Å². The zero-order valence-electron chi connectivity index (χ0n) is 23.7. The smallest absolute Gasteiger partial charge is 0.407 e. The fourth-order valence-electron chi connectivity index (χ4n) is 6.59. The molecule has 3 aliphatic heterocycles. The number of benzene rings is 2. The summed E-state index contributed by atoms with van der Waals surface area (Å²) in [5, 5.41) is 21.7. The first-order valence-electron chi connectivity index (χ1n) is 14.5. The molecule has 0 spiro atoms. The van der Waals surface area contributed by atoms with E-state index in [0.717, 1.165) is 49.4 Å². The maximum absolute atomic E-state index is 12.0. The number of fused-ring (bicyclic) bond motifs is 2. The SMILES string of the molecule is C[C@@H]1CN(C(=O)O)[C@@H](CC#N)CN1c1nc(OC[C@@H]2CCCN2C)nc2c1CCN(c1cccc3ccccc13)C2. The summed E-state index contributed by atoms with van der Waals surface area (Å²) in [6.07, 6.45) is 2.15. The van der Waals surface area contributed by atoms with Crippen molar-refractivity contribution in [2.45, 2.75) is 57.3 Å². The lowest BCUT2D eigenvalue weighted by atomic mass is 10.00. The van der Waals surface area contributed by atoms with E-state index in [1.54, 1.807) is 0 Å². The summed E-state index contributed by atoms with van der Waals surface area (Å²) < 4.78 is 6.27. The van der Waals surface area contributed by atoms with Crippen LogP contribution < -0.4 is 14.5 Å². The summed E-state index contributed by atoms with van der Waals surface area (Å²) in [5.41, 5.74) is 3.20. The van der Waals surface area contributed by atoms with Gasteiger partial charge in [-0.15, -0.1) is 0 Å². The van der Waals surface area contributed by atoms with E-state index in [2.05, 4.69) is 70.3 Å². The molecule has 0 saturated carbocycles. The predicted molar refractivity (Wildman–Crippen MR) is 157 cm³/mol. The van der Waals surface area contributed by atoms with Crippen molar-refractivity contribution in [2.24, 2.45) is 0 Å². The van der Waals surface area contributed by atoms with Crippen molar-refractivity contribution in [2.75, 3.05) is 49.6 Å². The Labute approximate surface area is 240 Å². The van der Waals surface area contributed by atoms with E-state index in [9.17, 15) is 15.2 Å². The van der Waals surface area contributed by atoms with Crippen molar-refractivity contribution in [3.05, 3.63) is 53.7 Å². The second-order valence-electron chi connectivity index (χ2n) is 11.5. The van der Waals surface area contributed by atoms with E-state index in [4.69, 9.17) is 14.7 Å². The Morgan fingerprint density at radius 2 is 1.95 bits per heavy atom. The standard InChI is InChI=1S/C31H37N7O3/c1-21-17-38(31(39)40)23(12-14-32)18-37(21)29-26-13-16-36(28-11-5-8-22-7-3-4-10-25(22)28)19-27(26)33-30(34-29)41-20-24-9-6-15-35(24)2/h3-5,7-8,10-11,21,23-24H,6,9,12-13,15-20H2,1-2H3,(H,39,40)/t21-,23+,24+/m1/s1. The number of carbonyl (C=O) groups is 1. The van der Waals surface area contributed by atoms with Gasteiger partial charge in [0.2, 0.25) is 0 Å². The quantitative estimate of drug-likeness (QED) is 0.480. The van der Waals surface area contributed by atoms with E-state index < -0.39 is 12.1 Å². The molecule has 1 aromatic heterocycles. The number of hydrogen-bond acceptors (Lipinski definition) is 8. The lowest BCUT2D eigenvalue weighted by Gasteiger charge is -2.45. The fourth-order valence-corrected chi connectivity index (χ4v) is 6.59. The Balaban J connectivity index is 1.35. The van der Waals surface area contributed by atoms with Crippen molar-refractivity contribution in [1.29, 1.82) is 5.26 Å². The van der Waals surface area contributed by atoms with Gasteiger partial charge in [0.05, 0.1) is 30.8 Å². The fraction of sp³-hybridized carbons (Fsp3) is 0.484. The molecule has 10 heteroatoms. The molecule has 0 aliphatic carbocycles. The summed E-state index contributed by atoms with van der Waals surface area (Å²) >= 11 is 0. The highest BCUT2D eigenvalue weighted by Crippen LogP contribution is 2.36. The topological polar surface area (TPSA) is 109 Å². The molecule has 6 rings (SSSR count). The minimum absolute atomic E-state index is 0.107. The van der Waals surface area contributed by atoms with Gasteiger partial charge in [-0.05, 0) is 51.2 Å². The summed E-state index contributed by atoms with van der Waals surface area (Å²) in [6, 6.07) is 17.2. The van der Waals surface area contributed by atoms with E-state index >= 15 is 0 Å². The first-order chi connectivity index (χ1) is 19.9. The van der Waals surface area contributed by atoms with Crippen LogP contribution in [0.25, 0.3) is 10.8 Å². The van der Waals surface area contributed by atoms with Gasteiger partial charge in [0.1, 0.15) is 12.4 Å². The number of anilines is 2. The van der Waals surface area contributed by atoms with Gasteiger partial charge in [0.25, 0.3) is 0 Å². The maximum atomic E-state index is 12.0.